The fourth-order valence-electron chi connectivity index (χ4n) is 2.83. The minimum absolute atomic E-state index is 0.440. The van der Waals surface area contributed by atoms with Crippen molar-refractivity contribution >= 4 is 40.5 Å². The third-order valence-electron chi connectivity index (χ3n) is 4.11. The Morgan fingerprint density at radius 1 is 1.08 bits per heavy atom. The summed E-state index contributed by atoms with van der Waals surface area (Å²) in [6.45, 7) is 0. The number of anilines is 2. The lowest BCUT2D eigenvalue weighted by atomic mass is 10.1. The topological polar surface area (TPSA) is 42.2 Å². The van der Waals surface area contributed by atoms with E-state index < -0.39 is 0 Å². The van der Waals surface area contributed by atoms with Gasteiger partial charge in [-0.1, -0.05) is 41.9 Å². The number of aromatic nitrogens is 3. The van der Waals surface area contributed by atoms with E-state index in [1.54, 1.807) is 22.3 Å². The second kappa shape index (κ2) is 7.40. The Morgan fingerprint density at radius 3 is 2.58 bits per heavy atom. The highest BCUT2D eigenvalue weighted by atomic mass is 35.5. The molecule has 4 rings (SSSR count). The van der Waals surface area contributed by atoms with Gasteiger partial charge < -0.3 is 5.32 Å². The Morgan fingerprint density at radius 2 is 1.85 bits per heavy atom. The summed E-state index contributed by atoms with van der Waals surface area (Å²) in [6, 6.07) is 20.3. The highest BCUT2D eigenvalue weighted by Crippen LogP contribution is 2.25. The van der Waals surface area contributed by atoms with Crippen molar-refractivity contribution in [2.24, 2.45) is 0 Å². The predicted octanol–water partition coefficient (Wildman–Crippen LogP) is 5.44. The van der Waals surface area contributed by atoms with Gasteiger partial charge in [0, 0.05) is 28.6 Å². The van der Waals surface area contributed by atoms with Crippen molar-refractivity contribution in [1.29, 1.82) is 0 Å². The summed E-state index contributed by atoms with van der Waals surface area (Å²) >= 11 is 7.99. The van der Waals surface area contributed by atoms with Crippen molar-refractivity contribution in [3.8, 4) is 0 Å². The fourth-order valence-corrected chi connectivity index (χ4v) is 3.42. The van der Waals surface area contributed by atoms with Crippen molar-refractivity contribution in [3.63, 3.8) is 0 Å². The van der Waals surface area contributed by atoms with Gasteiger partial charge in [-0.05, 0) is 36.1 Å². The molecule has 130 valence electrons. The van der Waals surface area contributed by atoms with Crippen LogP contribution in [0.4, 0.5) is 11.5 Å². The molecular weight excluding hydrogens is 364 g/mol. The van der Waals surface area contributed by atoms with Crippen LogP contribution in [0.1, 0.15) is 11.1 Å². The molecule has 0 radical (unpaired) electrons. The van der Waals surface area contributed by atoms with Crippen LogP contribution in [0.2, 0.25) is 5.15 Å². The lowest BCUT2D eigenvalue weighted by Crippen LogP contribution is -2.02. The summed E-state index contributed by atoms with van der Waals surface area (Å²) in [7, 11) is 0. The quantitative estimate of drug-likeness (QED) is 0.370. The van der Waals surface area contributed by atoms with Crippen LogP contribution in [-0.2, 0) is 6.42 Å². The Balaban J connectivity index is 1.69. The van der Waals surface area contributed by atoms with Gasteiger partial charge in [0.1, 0.15) is 11.0 Å². The second-order valence-electron chi connectivity index (χ2n) is 5.89. The summed E-state index contributed by atoms with van der Waals surface area (Å²) in [5, 5.41) is 8.34. The molecule has 0 aliphatic rings. The molecule has 2 heterocycles. The molecule has 0 spiro atoms. The van der Waals surface area contributed by atoms with Crippen molar-refractivity contribution in [2.75, 3.05) is 11.6 Å². The molecule has 4 nitrogen and oxygen atoms in total. The van der Waals surface area contributed by atoms with E-state index in [-0.39, 0.29) is 0 Å². The second-order valence-corrected chi connectivity index (χ2v) is 7.15. The predicted molar refractivity (Wildman–Crippen MR) is 109 cm³/mol. The highest BCUT2D eigenvalue weighted by molar-refractivity contribution is 7.98. The summed E-state index contributed by atoms with van der Waals surface area (Å²) in [4.78, 5) is 5.70. The minimum Gasteiger partial charge on any atom is -0.340 e. The monoisotopic (exact) mass is 380 g/mol. The number of nitrogens with one attached hydrogen (secondary N) is 1. The molecule has 1 N–H and O–H groups in total. The van der Waals surface area contributed by atoms with Gasteiger partial charge >= 0.3 is 0 Å². The van der Waals surface area contributed by atoms with E-state index in [4.69, 9.17) is 11.6 Å². The first-order valence-electron chi connectivity index (χ1n) is 8.21. The van der Waals surface area contributed by atoms with Crippen molar-refractivity contribution < 1.29 is 0 Å². The zero-order chi connectivity index (χ0) is 17.9. The molecule has 0 saturated heterocycles. The number of hydrogen-bond donors (Lipinski definition) is 1. The van der Waals surface area contributed by atoms with Gasteiger partial charge in [0.05, 0.1) is 6.20 Å². The standard InChI is InChI=1S/C20H17ClN4S/c1-26-17-9-7-16(8-10-17)23-19-12-18(21)24-20-15(13-22-25(19)20)11-14-5-3-2-4-6-14/h2-10,12-13,23H,11H2,1H3. The van der Waals surface area contributed by atoms with Gasteiger partial charge in [-0.3, -0.25) is 0 Å². The molecule has 0 atom stereocenters. The smallest absolute Gasteiger partial charge is 0.162 e. The summed E-state index contributed by atoms with van der Waals surface area (Å²) in [6.07, 6.45) is 4.68. The summed E-state index contributed by atoms with van der Waals surface area (Å²) in [5.41, 5.74) is 4.00. The third-order valence-corrected chi connectivity index (χ3v) is 5.05. The molecule has 0 fully saturated rings. The number of fused-ring (bicyclic) bond motifs is 1. The summed E-state index contributed by atoms with van der Waals surface area (Å²) in [5.74, 6) is 0.788. The molecule has 2 aromatic heterocycles. The van der Waals surface area contributed by atoms with Crippen LogP contribution in [0.25, 0.3) is 5.65 Å². The average molecular weight is 381 g/mol. The highest BCUT2D eigenvalue weighted by Gasteiger charge is 2.12. The van der Waals surface area contributed by atoms with E-state index in [1.807, 2.05) is 36.5 Å². The van der Waals surface area contributed by atoms with Crippen LogP contribution < -0.4 is 5.32 Å². The maximum Gasteiger partial charge on any atom is 0.162 e. The molecule has 6 heteroatoms. The lowest BCUT2D eigenvalue weighted by molar-refractivity contribution is 0.947. The molecule has 26 heavy (non-hydrogen) atoms. The maximum absolute atomic E-state index is 6.27. The van der Waals surface area contributed by atoms with Gasteiger partial charge in [0.15, 0.2) is 5.65 Å². The van der Waals surface area contributed by atoms with Crippen molar-refractivity contribution in [2.45, 2.75) is 11.3 Å². The van der Waals surface area contributed by atoms with Gasteiger partial charge in [0.25, 0.3) is 0 Å². The number of benzene rings is 2. The Labute approximate surface area is 161 Å². The largest absolute Gasteiger partial charge is 0.340 e. The number of thioether (sulfide) groups is 1. The van der Waals surface area contributed by atoms with Crippen LogP contribution in [0.15, 0.2) is 71.8 Å². The molecule has 0 unspecified atom stereocenters. The Kier molecular flexibility index (Phi) is 4.82. The number of nitrogens with zero attached hydrogens (tertiary/aromatic N) is 3. The third kappa shape index (κ3) is 3.54. The number of hydrogen-bond acceptors (Lipinski definition) is 4. The number of halogens is 1. The van der Waals surface area contributed by atoms with Crippen LogP contribution in [0.5, 0.6) is 0 Å². The fraction of sp³-hybridized carbons (Fsp3) is 0.100. The van der Waals surface area contributed by atoms with Crippen LogP contribution in [0, 0.1) is 0 Å². The van der Waals surface area contributed by atoms with E-state index in [1.165, 1.54) is 10.5 Å². The lowest BCUT2D eigenvalue weighted by Gasteiger charge is -2.10. The first kappa shape index (κ1) is 16.9. The van der Waals surface area contributed by atoms with E-state index in [9.17, 15) is 0 Å². The van der Waals surface area contributed by atoms with Gasteiger partial charge in [-0.25, -0.2) is 4.98 Å². The molecule has 0 bridgehead atoms. The molecule has 0 aliphatic heterocycles. The van der Waals surface area contributed by atoms with Gasteiger partial charge in [-0.2, -0.15) is 9.61 Å². The zero-order valence-corrected chi connectivity index (χ0v) is 15.8. The van der Waals surface area contributed by atoms with E-state index in [0.29, 0.717) is 5.15 Å². The molecule has 2 aromatic carbocycles. The van der Waals surface area contributed by atoms with E-state index in [0.717, 1.165) is 29.1 Å². The maximum atomic E-state index is 6.27. The van der Waals surface area contributed by atoms with E-state index >= 15 is 0 Å². The van der Waals surface area contributed by atoms with Gasteiger partial charge in [0.2, 0.25) is 0 Å². The number of rotatable bonds is 5. The Hall–Kier alpha value is -2.50. The first-order valence-corrected chi connectivity index (χ1v) is 9.81. The summed E-state index contributed by atoms with van der Waals surface area (Å²) < 4.78 is 1.80. The van der Waals surface area contributed by atoms with Crippen molar-refractivity contribution in [3.05, 3.63) is 83.1 Å². The first-order chi connectivity index (χ1) is 12.7. The SMILES string of the molecule is CSc1ccc(Nc2cc(Cl)nc3c(Cc4ccccc4)cnn23)cc1. The zero-order valence-electron chi connectivity index (χ0n) is 14.2. The Bertz CT molecular complexity index is 1030. The van der Waals surface area contributed by atoms with Crippen LogP contribution in [-0.4, -0.2) is 20.9 Å². The van der Waals surface area contributed by atoms with Crippen LogP contribution >= 0.6 is 23.4 Å². The minimum atomic E-state index is 0.440. The molecular formula is C20H17ClN4S. The molecule has 4 aromatic rings. The van der Waals surface area contributed by atoms with Crippen LogP contribution in [0.3, 0.4) is 0 Å². The normalized spacial score (nSPS) is 11.0. The molecule has 0 aliphatic carbocycles. The molecule has 0 saturated carbocycles. The molecule has 0 amide bonds. The van der Waals surface area contributed by atoms with Crippen molar-refractivity contribution in [1.82, 2.24) is 14.6 Å². The average Bonchev–Trinajstić information content (AvgIpc) is 3.06. The van der Waals surface area contributed by atoms with Gasteiger partial charge in [-0.15, -0.1) is 11.8 Å². The van der Waals surface area contributed by atoms with E-state index in [2.05, 4.69) is 45.9 Å².